The number of benzene rings is 2. The van der Waals surface area contributed by atoms with E-state index in [0.29, 0.717) is 30.4 Å². The van der Waals surface area contributed by atoms with Crippen molar-refractivity contribution in [2.24, 2.45) is 0 Å². The summed E-state index contributed by atoms with van der Waals surface area (Å²) in [7, 11) is 0. The average molecular weight is 411 g/mol. The molecule has 0 aliphatic heterocycles. The summed E-state index contributed by atoms with van der Waals surface area (Å²) < 4.78 is 20.5. The van der Waals surface area contributed by atoms with Gasteiger partial charge in [-0.1, -0.05) is 47.1 Å². The molecule has 4 rings (SSSR count). The molecule has 0 aliphatic rings. The summed E-state index contributed by atoms with van der Waals surface area (Å²) in [6, 6.07) is 17.1. The van der Waals surface area contributed by atoms with Crippen molar-refractivity contribution in [3.63, 3.8) is 0 Å². The summed E-state index contributed by atoms with van der Waals surface area (Å²) in [6.07, 6.45) is 1.86. The van der Waals surface area contributed by atoms with Gasteiger partial charge >= 0.3 is 0 Å². The number of amides is 1. The Balaban J connectivity index is 1.42. The van der Waals surface area contributed by atoms with E-state index >= 15 is 0 Å². The molecule has 0 radical (unpaired) electrons. The number of aromatic nitrogens is 3. The first kappa shape index (κ1) is 18.9. The number of nitrogens with zero attached hydrogens (tertiary/aromatic N) is 3. The Morgan fingerprint density at radius 2 is 1.97 bits per heavy atom. The molecule has 2 aromatic heterocycles. The maximum atomic E-state index is 13.2. The molecular weight excluding hydrogens is 395 g/mol. The van der Waals surface area contributed by atoms with Gasteiger partial charge in [0.2, 0.25) is 5.82 Å². The van der Waals surface area contributed by atoms with Crippen molar-refractivity contribution in [1.29, 1.82) is 0 Å². The molecule has 0 fully saturated rings. The summed E-state index contributed by atoms with van der Waals surface area (Å²) in [5, 5.41) is 6.73. The second-order valence-electron chi connectivity index (χ2n) is 6.26. The van der Waals surface area contributed by atoms with Gasteiger partial charge in [-0.2, -0.15) is 4.98 Å². The molecule has 6 nitrogen and oxygen atoms in total. The zero-order chi connectivity index (χ0) is 20.2. The highest BCUT2D eigenvalue weighted by Gasteiger charge is 2.14. The molecule has 4 aromatic rings. The summed E-state index contributed by atoms with van der Waals surface area (Å²) in [4.78, 5) is 16.7. The number of rotatable bonds is 6. The van der Waals surface area contributed by atoms with E-state index in [9.17, 15) is 9.18 Å². The van der Waals surface area contributed by atoms with Crippen LogP contribution in [0.25, 0.3) is 23.0 Å². The number of halogens is 2. The third-order valence-corrected chi connectivity index (χ3v) is 4.62. The van der Waals surface area contributed by atoms with E-state index in [-0.39, 0.29) is 10.9 Å². The fraction of sp³-hybridized carbons (Fsp3) is 0.0952. The molecule has 2 heterocycles. The van der Waals surface area contributed by atoms with E-state index in [1.807, 2.05) is 53.2 Å². The minimum atomic E-state index is -0.561. The van der Waals surface area contributed by atoms with Gasteiger partial charge in [0.05, 0.1) is 5.02 Å². The van der Waals surface area contributed by atoms with Gasteiger partial charge in [0, 0.05) is 30.4 Å². The molecule has 0 spiro atoms. The molecule has 0 bridgehead atoms. The Bertz CT molecular complexity index is 1140. The smallest absolute Gasteiger partial charge is 0.274 e. The first-order valence-corrected chi connectivity index (χ1v) is 9.27. The minimum absolute atomic E-state index is 0.0871. The highest BCUT2D eigenvalue weighted by atomic mass is 35.5. The van der Waals surface area contributed by atoms with E-state index in [0.717, 1.165) is 11.3 Å². The maximum absolute atomic E-state index is 13.2. The van der Waals surface area contributed by atoms with Crippen LogP contribution in [0.5, 0.6) is 0 Å². The van der Waals surface area contributed by atoms with E-state index in [1.165, 1.54) is 18.2 Å². The number of hydrogen-bond acceptors (Lipinski definition) is 4. The predicted octanol–water partition coefficient (Wildman–Crippen LogP) is 4.43. The van der Waals surface area contributed by atoms with Gasteiger partial charge in [-0.05, 0) is 30.3 Å². The molecular formula is C21H16ClFN4O2. The molecule has 0 atom stereocenters. The van der Waals surface area contributed by atoms with E-state index in [2.05, 4.69) is 15.5 Å². The molecule has 8 heteroatoms. The molecule has 0 saturated carbocycles. The fourth-order valence-electron chi connectivity index (χ4n) is 2.86. The van der Waals surface area contributed by atoms with Crippen LogP contribution in [0.4, 0.5) is 4.39 Å². The monoisotopic (exact) mass is 410 g/mol. The highest BCUT2D eigenvalue weighted by Crippen LogP contribution is 2.22. The van der Waals surface area contributed by atoms with Gasteiger partial charge < -0.3 is 14.4 Å². The second kappa shape index (κ2) is 8.28. The normalized spacial score (nSPS) is 10.8. The lowest BCUT2D eigenvalue weighted by Gasteiger charge is -2.09. The van der Waals surface area contributed by atoms with Crippen molar-refractivity contribution >= 4 is 17.5 Å². The van der Waals surface area contributed by atoms with Crippen LogP contribution in [0.2, 0.25) is 5.02 Å². The first-order valence-electron chi connectivity index (χ1n) is 8.90. The Labute approximate surface area is 170 Å². The lowest BCUT2D eigenvalue weighted by molar-refractivity contribution is 0.0952. The molecule has 2 aromatic carbocycles. The molecule has 0 saturated heterocycles. The first-order chi connectivity index (χ1) is 14.1. The number of hydrogen-bond donors (Lipinski definition) is 1. The standard InChI is InChI=1S/C21H16ClFN4O2/c22-16-13-15(8-9-17(16)23)20(28)24-10-12-27-11-4-7-18(27)21-25-19(26-29-21)14-5-2-1-3-6-14/h1-9,11,13H,10,12H2,(H,24,28). The van der Waals surface area contributed by atoms with Crippen molar-refractivity contribution in [1.82, 2.24) is 20.0 Å². The zero-order valence-electron chi connectivity index (χ0n) is 15.2. The third-order valence-electron chi connectivity index (χ3n) is 4.33. The van der Waals surface area contributed by atoms with E-state index in [4.69, 9.17) is 16.1 Å². The van der Waals surface area contributed by atoms with E-state index < -0.39 is 5.82 Å². The summed E-state index contributed by atoms with van der Waals surface area (Å²) in [5.74, 6) is 0.0136. The van der Waals surface area contributed by atoms with Crippen LogP contribution in [-0.2, 0) is 6.54 Å². The van der Waals surface area contributed by atoms with Crippen molar-refractivity contribution in [2.45, 2.75) is 6.54 Å². The Morgan fingerprint density at radius 3 is 2.76 bits per heavy atom. The SMILES string of the molecule is O=C(NCCn1cccc1-c1nc(-c2ccccc2)no1)c1ccc(F)c(Cl)c1. The maximum Gasteiger partial charge on any atom is 0.274 e. The van der Waals surface area contributed by atoms with Crippen LogP contribution in [0.15, 0.2) is 71.4 Å². The minimum Gasteiger partial charge on any atom is -0.350 e. The molecule has 1 N–H and O–H groups in total. The zero-order valence-corrected chi connectivity index (χ0v) is 15.9. The molecule has 1 amide bonds. The van der Waals surface area contributed by atoms with Crippen molar-refractivity contribution in [3.05, 3.63) is 83.3 Å². The van der Waals surface area contributed by atoms with Crippen LogP contribution >= 0.6 is 11.6 Å². The van der Waals surface area contributed by atoms with Crippen molar-refractivity contribution in [3.8, 4) is 23.0 Å². The summed E-state index contributed by atoms with van der Waals surface area (Å²) >= 11 is 5.73. The Hall–Kier alpha value is -3.45. The molecule has 0 unspecified atom stereocenters. The van der Waals surface area contributed by atoms with Crippen molar-refractivity contribution < 1.29 is 13.7 Å². The van der Waals surface area contributed by atoms with Gasteiger partial charge in [-0.15, -0.1) is 0 Å². The predicted molar refractivity (Wildman–Crippen MR) is 107 cm³/mol. The highest BCUT2D eigenvalue weighted by molar-refractivity contribution is 6.31. The Morgan fingerprint density at radius 1 is 1.14 bits per heavy atom. The lowest BCUT2D eigenvalue weighted by Crippen LogP contribution is -2.27. The molecule has 0 aliphatic carbocycles. The summed E-state index contributed by atoms with van der Waals surface area (Å²) in [5.41, 5.74) is 1.91. The van der Waals surface area contributed by atoms with Crippen LogP contribution in [0.1, 0.15) is 10.4 Å². The van der Waals surface area contributed by atoms with Gasteiger partial charge in [-0.25, -0.2) is 4.39 Å². The van der Waals surface area contributed by atoms with Gasteiger partial charge in [0.15, 0.2) is 0 Å². The number of carbonyl (C=O) groups is 1. The van der Waals surface area contributed by atoms with Crippen LogP contribution in [-0.4, -0.2) is 27.2 Å². The van der Waals surface area contributed by atoms with E-state index in [1.54, 1.807) is 0 Å². The van der Waals surface area contributed by atoms with Crippen LogP contribution in [0.3, 0.4) is 0 Å². The largest absolute Gasteiger partial charge is 0.350 e. The number of carbonyl (C=O) groups excluding carboxylic acids is 1. The Kier molecular flexibility index (Phi) is 5.39. The quantitative estimate of drug-likeness (QED) is 0.510. The number of nitrogens with one attached hydrogen (secondary N) is 1. The lowest BCUT2D eigenvalue weighted by atomic mass is 10.2. The molecule has 146 valence electrons. The second-order valence-corrected chi connectivity index (χ2v) is 6.67. The molecule has 29 heavy (non-hydrogen) atoms. The van der Waals surface area contributed by atoms with Gasteiger partial charge in [-0.3, -0.25) is 4.79 Å². The topological polar surface area (TPSA) is 73.0 Å². The van der Waals surface area contributed by atoms with Crippen molar-refractivity contribution in [2.75, 3.05) is 6.54 Å². The fourth-order valence-corrected chi connectivity index (χ4v) is 3.05. The van der Waals surface area contributed by atoms with Gasteiger partial charge in [0.1, 0.15) is 11.5 Å². The van der Waals surface area contributed by atoms with Crippen LogP contribution in [0, 0.1) is 5.82 Å². The van der Waals surface area contributed by atoms with Gasteiger partial charge in [0.25, 0.3) is 11.8 Å². The third kappa shape index (κ3) is 4.20. The average Bonchev–Trinajstić information content (AvgIpc) is 3.40. The summed E-state index contributed by atoms with van der Waals surface area (Å²) in [6.45, 7) is 0.848. The van der Waals surface area contributed by atoms with Crippen LogP contribution < -0.4 is 5.32 Å².